The highest BCUT2D eigenvalue weighted by atomic mass is 16.5. The third kappa shape index (κ3) is 7.99. The Balaban J connectivity index is 1.14. The average Bonchev–Trinajstić information content (AvgIpc) is 3.79. The number of hydrogen-bond donors (Lipinski definition) is 0. The molecule has 1 aliphatic rings. The van der Waals surface area contributed by atoms with Gasteiger partial charge in [-0.3, -0.25) is 4.57 Å². The summed E-state index contributed by atoms with van der Waals surface area (Å²) < 4.78 is 9.14. The van der Waals surface area contributed by atoms with Crippen LogP contribution in [0.3, 0.4) is 0 Å². The SMILES string of the molecule is CC(C)(C)c1cc(-c2cccc3c2N(c2ccccc2)CN3c2cccc(Oc3ccc4c5cc(C(C)(C)C)ccc5n(-c5cc(C(C)(C)C)ccn5)c4c3)c2)cc(C(C)(C)C)c1. The zero-order valence-corrected chi connectivity index (χ0v) is 39.3. The molecule has 63 heavy (non-hydrogen) atoms. The summed E-state index contributed by atoms with van der Waals surface area (Å²) in [5, 5.41) is 2.39. The van der Waals surface area contributed by atoms with E-state index in [1.54, 1.807) is 0 Å². The van der Waals surface area contributed by atoms with Gasteiger partial charge in [-0.15, -0.1) is 0 Å². The van der Waals surface area contributed by atoms with Crippen LogP contribution in [0.4, 0.5) is 22.7 Å². The van der Waals surface area contributed by atoms with E-state index in [2.05, 4.69) is 237 Å². The summed E-state index contributed by atoms with van der Waals surface area (Å²) in [6.45, 7) is 28.1. The highest BCUT2D eigenvalue weighted by Gasteiger charge is 2.32. The van der Waals surface area contributed by atoms with Crippen LogP contribution in [-0.4, -0.2) is 16.2 Å². The summed E-state index contributed by atoms with van der Waals surface area (Å²) >= 11 is 0. The van der Waals surface area contributed by atoms with Gasteiger partial charge in [0.2, 0.25) is 0 Å². The molecule has 5 heteroatoms. The predicted octanol–water partition coefficient (Wildman–Crippen LogP) is 16.1. The molecule has 9 rings (SSSR count). The van der Waals surface area contributed by atoms with Crippen LogP contribution in [0.15, 0.2) is 146 Å². The molecular formula is C58H62N4O. The van der Waals surface area contributed by atoms with Crippen molar-refractivity contribution in [3.05, 3.63) is 168 Å². The Kier molecular flexibility index (Phi) is 10.1. The van der Waals surface area contributed by atoms with Gasteiger partial charge in [0, 0.05) is 46.0 Å². The lowest BCUT2D eigenvalue weighted by molar-refractivity contribution is 0.483. The molecule has 0 fully saturated rings. The smallest absolute Gasteiger partial charge is 0.137 e. The van der Waals surface area contributed by atoms with Crippen LogP contribution in [0.25, 0.3) is 38.8 Å². The molecule has 0 saturated carbocycles. The Hall–Kier alpha value is -6.33. The van der Waals surface area contributed by atoms with Gasteiger partial charge < -0.3 is 14.5 Å². The highest BCUT2D eigenvalue weighted by Crippen LogP contribution is 2.51. The van der Waals surface area contributed by atoms with E-state index in [0.717, 1.165) is 45.4 Å². The lowest BCUT2D eigenvalue weighted by Crippen LogP contribution is -2.24. The summed E-state index contributed by atoms with van der Waals surface area (Å²) in [6.07, 6.45) is 1.94. The Morgan fingerprint density at radius 3 is 1.78 bits per heavy atom. The number of para-hydroxylation sites is 2. The zero-order valence-electron chi connectivity index (χ0n) is 39.3. The fourth-order valence-electron chi connectivity index (χ4n) is 8.88. The molecule has 3 heterocycles. The van der Waals surface area contributed by atoms with Crippen LogP contribution in [0.5, 0.6) is 11.5 Å². The summed E-state index contributed by atoms with van der Waals surface area (Å²) in [7, 11) is 0. The molecule has 320 valence electrons. The first-order valence-electron chi connectivity index (χ1n) is 22.5. The lowest BCUT2D eigenvalue weighted by Gasteiger charge is -2.27. The van der Waals surface area contributed by atoms with Gasteiger partial charge in [-0.1, -0.05) is 144 Å². The molecule has 0 radical (unpaired) electrons. The molecule has 0 aliphatic carbocycles. The fraction of sp³-hybridized carbons (Fsp3) is 0.293. The number of pyridine rings is 1. The first kappa shape index (κ1) is 42.0. The van der Waals surface area contributed by atoms with Crippen molar-refractivity contribution in [3.63, 3.8) is 0 Å². The third-order valence-corrected chi connectivity index (χ3v) is 12.7. The van der Waals surface area contributed by atoms with Gasteiger partial charge in [-0.05, 0) is 116 Å². The van der Waals surface area contributed by atoms with E-state index in [1.807, 2.05) is 6.20 Å². The number of anilines is 4. The molecule has 0 N–H and O–H groups in total. The Morgan fingerprint density at radius 2 is 1.10 bits per heavy atom. The number of ether oxygens (including phenoxy) is 1. The molecule has 8 aromatic rings. The second-order valence-corrected chi connectivity index (χ2v) is 21.6. The first-order valence-corrected chi connectivity index (χ1v) is 22.5. The number of rotatable bonds is 6. The van der Waals surface area contributed by atoms with Gasteiger partial charge in [0.1, 0.15) is 24.0 Å². The van der Waals surface area contributed by atoms with Crippen molar-refractivity contribution < 1.29 is 4.74 Å². The fourth-order valence-corrected chi connectivity index (χ4v) is 8.88. The summed E-state index contributed by atoms with van der Waals surface area (Å²) in [6, 6.07) is 51.0. The minimum absolute atomic E-state index is 0.00463. The second-order valence-electron chi connectivity index (χ2n) is 21.6. The van der Waals surface area contributed by atoms with Crippen molar-refractivity contribution in [1.29, 1.82) is 0 Å². The molecule has 5 nitrogen and oxygen atoms in total. The maximum Gasteiger partial charge on any atom is 0.137 e. The van der Waals surface area contributed by atoms with E-state index < -0.39 is 0 Å². The van der Waals surface area contributed by atoms with Crippen LogP contribution in [-0.2, 0) is 21.7 Å². The highest BCUT2D eigenvalue weighted by molar-refractivity contribution is 6.10. The summed E-state index contributed by atoms with van der Waals surface area (Å²) in [5.74, 6) is 2.45. The van der Waals surface area contributed by atoms with Crippen LogP contribution in [0, 0.1) is 0 Å². The van der Waals surface area contributed by atoms with Crippen molar-refractivity contribution >= 4 is 44.6 Å². The number of benzene rings is 6. The largest absolute Gasteiger partial charge is 0.457 e. The molecule has 6 aromatic carbocycles. The monoisotopic (exact) mass is 830 g/mol. The van der Waals surface area contributed by atoms with Gasteiger partial charge in [0.05, 0.1) is 22.4 Å². The minimum Gasteiger partial charge on any atom is -0.457 e. The van der Waals surface area contributed by atoms with Crippen LogP contribution < -0.4 is 14.5 Å². The van der Waals surface area contributed by atoms with Crippen molar-refractivity contribution in [2.75, 3.05) is 16.5 Å². The van der Waals surface area contributed by atoms with E-state index >= 15 is 0 Å². The first-order chi connectivity index (χ1) is 29.7. The van der Waals surface area contributed by atoms with E-state index in [4.69, 9.17) is 9.72 Å². The summed E-state index contributed by atoms with van der Waals surface area (Å²) in [5.41, 5.74) is 14.5. The van der Waals surface area contributed by atoms with E-state index in [1.165, 1.54) is 49.8 Å². The zero-order chi connectivity index (χ0) is 44.6. The number of nitrogens with zero attached hydrogens (tertiary/aromatic N) is 4. The summed E-state index contributed by atoms with van der Waals surface area (Å²) in [4.78, 5) is 9.82. The van der Waals surface area contributed by atoms with Crippen molar-refractivity contribution in [1.82, 2.24) is 9.55 Å². The quantitative estimate of drug-likeness (QED) is 0.167. The van der Waals surface area contributed by atoms with Gasteiger partial charge in [0.15, 0.2) is 0 Å². The van der Waals surface area contributed by atoms with E-state index in [-0.39, 0.29) is 21.7 Å². The second kappa shape index (κ2) is 15.2. The number of fused-ring (bicyclic) bond motifs is 4. The maximum absolute atomic E-state index is 6.84. The molecule has 0 unspecified atom stereocenters. The van der Waals surface area contributed by atoms with Gasteiger partial charge in [0.25, 0.3) is 0 Å². The maximum atomic E-state index is 6.84. The Labute approximate surface area is 375 Å². The number of aromatic nitrogens is 2. The Bertz CT molecular complexity index is 2970. The van der Waals surface area contributed by atoms with Gasteiger partial charge >= 0.3 is 0 Å². The number of hydrogen-bond acceptors (Lipinski definition) is 4. The van der Waals surface area contributed by atoms with Crippen LogP contribution in [0.2, 0.25) is 0 Å². The molecule has 2 aromatic heterocycles. The van der Waals surface area contributed by atoms with E-state index in [9.17, 15) is 0 Å². The molecule has 0 spiro atoms. The van der Waals surface area contributed by atoms with Crippen LogP contribution >= 0.6 is 0 Å². The molecule has 0 amide bonds. The van der Waals surface area contributed by atoms with Crippen LogP contribution in [0.1, 0.15) is 105 Å². The third-order valence-electron chi connectivity index (χ3n) is 12.7. The average molecular weight is 831 g/mol. The van der Waals surface area contributed by atoms with Crippen molar-refractivity contribution in [3.8, 4) is 28.4 Å². The molecule has 0 bridgehead atoms. The molecule has 1 aliphatic heterocycles. The normalized spacial score (nSPS) is 13.6. The van der Waals surface area contributed by atoms with Gasteiger partial charge in [-0.25, -0.2) is 4.98 Å². The van der Waals surface area contributed by atoms with Gasteiger partial charge in [-0.2, -0.15) is 0 Å². The Morgan fingerprint density at radius 1 is 0.460 bits per heavy atom. The van der Waals surface area contributed by atoms with Crippen molar-refractivity contribution in [2.24, 2.45) is 0 Å². The topological polar surface area (TPSA) is 33.5 Å². The molecule has 0 atom stereocenters. The molecular weight excluding hydrogens is 769 g/mol. The lowest BCUT2D eigenvalue weighted by atomic mass is 9.78. The molecule has 0 saturated heterocycles. The van der Waals surface area contributed by atoms with E-state index in [0.29, 0.717) is 6.67 Å². The predicted molar refractivity (Wildman–Crippen MR) is 267 cm³/mol. The standard InChI is InChI=1S/C58H62N4O/c1-55(2,3)39-24-27-50-49(33-39)48-26-25-46(36-52(48)62(50)53-34-40(28-29-59-53)56(4,5)6)63-45-21-16-20-44(35-45)60-37-61(43-18-14-13-15-19-43)54-47(22-17-23-51(54)60)38-30-41(57(7,8)9)32-42(31-38)58(10,11)12/h13-36H,37H2,1-12H3. The van der Waals surface area contributed by atoms with Crippen molar-refractivity contribution in [2.45, 2.75) is 105 Å². The minimum atomic E-state index is -0.0161.